The summed E-state index contributed by atoms with van der Waals surface area (Å²) in [5.74, 6) is 2.45. The lowest BCUT2D eigenvalue weighted by molar-refractivity contribution is 0.0734. The molecule has 0 spiro atoms. The minimum Gasteiger partial charge on any atom is -0.423 e. The first-order chi connectivity index (χ1) is 14.5. The van der Waals surface area contributed by atoms with Gasteiger partial charge in [-0.1, -0.05) is 49.9 Å². The lowest BCUT2D eigenvalue weighted by Gasteiger charge is -2.42. The van der Waals surface area contributed by atoms with Crippen molar-refractivity contribution in [1.29, 1.82) is 0 Å². The number of rotatable bonds is 5. The van der Waals surface area contributed by atoms with Gasteiger partial charge in [-0.05, 0) is 92.5 Å². The highest BCUT2D eigenvalue weighted by Crippen LogP contribution is 2.48. The first-order valence-electron chi connectivity index (χ1n) is 11.6. The largest absolute Gasteiger partial charge is 0.423 e. The van der Waals surface area contributed by atoms with Crippen molar-refractivity contribution < 1.29 is 13.9 Å². The van der Waals surface area contributed by atoms with Crippen molar-refractivity contribution in [1.82, 2.24) is 0 Å². The van der Waals surface area contributed by atoms with Gasteiger partial charge in [0.2, 0.25) is 0 Å². The predicted molar refractivity (Wildman–Crippen MR) is 118 cm³/mol. The van der Waals surface area contributed by atoms with E-state index in [0.29, 0.717) is 5.75 Å². The van der Waals surface area contributed by atoms with Crippen molar-refractivity contribution in [3.8, 4) is 5.75 Å². The number of carbonyl (C=O) groups excluding carboxylic acids is 1. The summed E-state index contributed by atoms with van der Waals surface area (Å²) in [5, 5.41) is 0. The van der Waals surface area contributed by atoms with E-state index in [1.165, 1.54) is 44.6 Å². The lowest BCUT2D eigenvalue weighted by atomic mass is 9.63. The van der Waals surface area contributed by atoms with Gasteiger partial charge in [0.1, 0.15) is 11.6 Å². The molecule has 0 aliphatic heterocycles. The van der Waals surface area contributed by atoms with Crippen LogP contribution in [0.15, 0.2) is 42.5 Å². The number of hydrogen-bond donors (Lipinski definition) is 0. The van der Waals surface area contributed by atoms with E-state index in [9.17, 15) is 9.18 Å². The molecule has 2 fully saturated rings. The number of carbonyl (C=O) groups is 1. The topological polar surface area (TPSA) is 26.3 Å². The van der Waals surface area contributed by atoms with Gasteiger partial charge in [0.25, 0.3) is 0 Å². The Morgan fingerprint density at radius 2 is 1.73 bits per heavy atom. The summed E-state index contributed by atoms with van der Waals surface area (Å²) in [7, 11) is 0. The molecule has 0 saturated heterocycles. The molecule has 2 aliphatic carbocycles. The molecule has 160 valence electrons. The zero-order valence-electron chi connectivity index (χ0n) is 18.2. The molecule has 0 aromatic heterocycles. The molecule has 30 heavy (non-hydrogen) atoms. The van der Waals surface area contributed by atoms with Crippen LogP contribution in [0.2, 0.25) is 0 Å². The zero-order valence-corrected chi connectivity index (χ0v) is 18.2. The van der Waals surface area contributed by atoms with Crippen molar-refractivity contribution in [3.63, 3.8) is 0 Å². The predicted octanol–water partition coefficient (Wildman–Crippen LogP) is 7.45. The Labute approximate surface area is 179 Å². The van der Waals surface area contributed by atoms with Gasteiger partial charge in [0.15, 0.2) is 0 Å². The van der Waals surface area contributed by atoms with Crippen LogP contribution in [-0.2, 0) is 0 Å². The fourth-order valence-electron chi connectivity index (χ4n) is 5.70. The van der Waals surface area contributed by atoms with Crippen molar-refractivity contribution in [2.45, 2.75) is 71.1 Å². The summed E-state index contributed by atoms with van der Waals surface area (Å²) in [6.45, 7) is 4.26. The summed E-state index contributed by atoms with van der Waals surface area (Å²) in [6, 6.07) is 12.2. The number of fused-ring (bicyclic) bond motifs is 1. The second kappa shape index (κ2) is 9.32. The molecule has 0 heterocycles. The lowest BCUT2D eigenvalue weighted by Crippen LogP contribution is -2.30. The van der Waals surface area contributed by atoms with Crippen LogP contribution in [0.4, 0.5) is 4.39 Å². The number of aryl methyl sites for hydroxylation is 1. The Balaban J connectivity index is 1.40. The Hall–Kier alpha value is -2.16. The minimum atomic E-state index is -0.512. The standard InChI is InChI=1S/C27H33FO2/c1-3-4-19-7-8-21-16-22(10-9-20(21)15-19)25-14-11-23(17-26(25)28)27(29)30-24-12-5-18(2)6-13-24/h5-6,11-14,17,19-22H,3-4,7-10,15-16H2,1-2H3. The van der Waals surface area contributed by atoms with E-state index in [4.69, 9.17) is 4.74 Å². The summed E-state index contributed by atoms with van der Waals surface area (Å²) in [5.41, 5.74) is 2.14. The fraction of sp³-hybridized carbons (Fsp3) is 0.519. The van der Waals surface area contributed by atoms with E-state index in [-0.39, 0.29) is 17.3 Å². The first kappa shape index (κ1) is 21.1. The molecule has 3 heteroatoms. The molecule has 2 aliphatic rings. The smallest absolute Gasteiger partial charge is 0.343 e. The molecule has 0 amide bonds. The van der Waals surface area contributed by atoms with E-state index >= 15 is 0 Å². The van der Waals surface area contributed by atoms with Gasteiger partial charge in [-0.3, -0.25) is 0 Å². The van der Waals surface area contributed by atoms with Crippen LogP contribution in [-0.4, -0.2) is 5.97 Å². The van der Waals surface area contributed by atoms with E-state index in [0.717, 1.165) is 41.7 Å². The molecule has 0 radical (unpaired) electrons. The highest BCUT2D eigenvalue weighted by molar-refractivity contribution is 5.91. The molecule has 4 unspecified atom stereocenters. The molecule has 2 saturated carbocycles. The third kappa shape index (κ3) is 4.77. The third-order valence-electron chi connectivity index (χ3n) is 7.33. The number of esters is 1. The van der Waals surface area contributed by atoms with Crippen LogP contribution < -0.4 is 4.74 Å². The van der Waals surface area contributed by atoms with Crippen LogP contribution in [0, 0.1) is 30.5 Å². The summed E-state index contributed by atoms with van der Waals surface area (Å²) in [4.78, 5) is 12.4. The molecule has 2 aromatic rings. The highest BCUT2D eigenvalue weighted by Gasteiger charge is 2.36. The second-order valence-corrected chi connectivity index (χ2v) is 9.44. The molecule has 0 N–H and O–H groups in total. The maximum Gasteiger partial charge on any atom is 0.343 e. The Morgan fingerprint density at radius 3 is 2.47 bits per heavy atom. The SMILES string of the molecule is CCCC1CCC2CC(c3ccc(C(=O)Oc4ccc(C)cc4)cc3F)CCC2C1. The van der Waals surface area contributed by atoms with Crippen molar-refractivity contribution in [2.75, 3.05) is 0 Å². The van der Waals surface area contributed by atoms with Crippen molar-refractivity contribution in [3.05, 3.63) is 65.0 Å². The van der Waals surface area contributed by atoms with Gasteiger partial charge in [0.05, 0.1) is 5.56 Å². The molecular formula is C27H33FO2. The zero-order chi connectivity index (χ0) is 21.1. The average molecular weight is 409 g/mol. The van der Waals surface area contributed by atoms with Gasteiger partial charge in [-0.25, -0.2) is 9.18 Å². The Morgan fingerprint density at radius 1 is 1.00 bits per heavy atom. The van der Waals surface area contributed by atoms with E-state index in [1.807, 2.05) is 25.1 Å². The van der Waals surface area contributed by atoms with Crippen LogP contribution >= 0.6 is 0 Å². The first-order valence-corrected chi connectivity index (χ1v) is 11.6. The number of benzene rings is 2. The van der Waals surface area contributed by atoms with E-state index < -0.39 is 5.97 Å². The number of hydrogen-bond acceptors (Lipinski definition) is 2. The van der Waals surface area contributed by atoms with Gasteiger partial charge >= 0.3 is 5.97 Å². The Bertz CT molecular complexity index is 873. The van der Waals surface area contributed by atoms with Gasteiger partial charge in [-0.2, -0.15) is 0 Å². The minimum absolute atomic E-state index is 0.267. The van der Waals surface area contributed by atoms with E-state index in [1.54, 1.807) is 18.2 Å². The summed E-state index contributed by atoms with van der Waals surface area (Å²) >= 11 is 0. The van der Waals surface area contributed by atoms with Crippen LogP contribution in [0.3, 0.4) is 0 Å². The van der Waals surface area contributed by atoms with Crippen LogP contribution in [0.25, 0.3) is 0 Å². The Kier molecular flexibility index (Phi) is 6.55. The van der Waals surface area contributed by atoms with Crippen LogP contribution in [0.5, 0.6) is 5.75 Å². The highest BCUT2D eigenvalue weighted by atomic mass is 19.1. The van der Waals surface area contributed by atoms with E-state index in [2.05, 4.69) is 6.92 Å². The van der Waals surface area contributed by atoms with Crippen LogP contribution in [0.1, 0.15) is 85.7 Å². The molecule has 4 atom stereocenters. The molecule has 0 bridgehead atoms. The average Bonchev–Trinajstić information content (AvgIpc) is 2.75. The normalized spacial score (nSPS) is 26.1. The number of ether oxygens (including phenoxy) is 1. The van der Waals surface area contributed by atoms with Crippen molar-refractivity contribution in [2.24, 2.45) is 17.8 Å². The second-order valence-electron chi connectivity index (χ2n) is 9.44. The van der Waals surface area contributed by atoms with Gasteiger partial charge in [-0.15, -0.1) is 0 Å². The molecule has 2 aromatic carbocycles. The monoisotopic (exact) mass is 408 g/mol. The van der Waals surface area contributed by atoms with Gasteiger partial charge in [0, 0.05) is 0 Å². The maximum atomic E-state index is 15.0. The maximum absolute atomic E-state index is 15.0. The summed E-state index contributed by atoms with van der Waals surface area (Å²) < 4.78 is 20.4. The van der Waals surface area contributed by atoms with Gasteiger partial charge < -0.3 is 4.74 Å². The molecular weight excluding hydrogens is 375 g/mol. The molecule has 2 nitrogen and oxygen atoms in total. The fourth-order valence-corrected chi connectivity index (χ4v) is 5.70. The summed E-state index contributed by atoms with van der Waals surface area (Å²) in [6.07, 6.45) is 10.0. The molecule has 4 rings (SSSR count). The van der Waals surface area contributed by atoms with Crippen molar-refractivity contribution >= 4 is 5.97 Å². The quantitative estimate of drug-likeness (QED) is 0.379. The number of halogens is 1. The third-order valence-corrected chi connectivity index (χ3v) is 7.33.